The summed E-state index contributed by atoms with van der Waals surface area (Å²) in [6, 6.07) is 0. The van der Waals surface area contributed by atoms with E-state index in [4.69, 9.17) is 9.47 Å². The number of aromatic nitrogens is 1. The van der Waals surface area contributed by atoms with Crippen LogP contribution >= 0.6 is 0 Å². The van der Waals surface area contributed by atoms with Crippen molar-refractivity contribution in [3.63, 3.8) is 0 Å². The van der Waals surface area contributed by atoms with Crippen LogP contribution in [0.5, 0.6) is 0 Å². The van der Waals surface area contributed by atoms with Crippen LogP contribution < -0.4 is 5.32 Å². The highest BCUT2D eigenvalue weighted by Crippen LogP contribution is 2.24. The first-order chi connectivity index (χ1) is 9.52. The molecule has 2 heterocycles. The normalized spacial score (nSPS) is 21.8. The van der Waals surface area contributed by atoms with Gasteiger partial charge >= 0.3 is 5.97 Å². The van der Waals surface area contributed by atoms with Gasteiger partial charge in [0.05, 0.1) is 18.4 Å². The van der Waals surface area contributed by atoms with Gasteiger partial charge in [0.2, 0.25) is 0 Å². The fourth-order valence-electron chi connectivity index (χ4n) is 2.30. The summed E-state index contributed by atoms with van der Waals surface area (Å²) in [6.07, 6.45) is 2.82. The summed E-state index contributed by atoms with van der Waals surface area (Å²) < 4.78 is 10.5. The molecule has 1 saturated heterocycles. The number of rotatable bonds is 4. The SMILES string of the molecule is CCOC(=O)c1c(NC(=O)C2CCC(C)O2)c[nH]c1C. The maximum Gasteiger partial charge on any atom is 0.342 e. The Morgan fingerprint density at radius 2 is 2.25 bits per heavy atom. The third-order valence-electron chi connectivity index (χ3n) is 3.34. The maximum atomic E-state index is 12.1. The number of aromatic amines is 1. The molecule has 2 N–H and O–H groups in total. The van der Waals surface area contributed by atoms with Crippen molar-refractivity contribution in [2.75, 3.05) is 11.9 Å². The number of carbonyl (C=O) groups excluding carboxylic acids is 2. The van der Waals surface area contributed by atoms with Crippen molar-refractivity contribution in [3.8, 4) is 0 Å². The molecule has 6 heteroatoms. The van der Waals surface area contributed by atoms with Crippen molar-refractivity contribution >= 4 is 17.6 Å². The molecule has 1 aromatic heterocycles. The first-order valence-corrected chi connectivity index (χ1v) is 6.84. The minimum Gasteiger partial charge on any atom is -0.462 e. The predicted molar refractivity (Wildman–Crippen MR) is 73.7 cm³/mol. The van der Waals surface area contributed by atoms with Gasteiger partial charge in [0, 0.05) is 11.9 Å². The molecule has 1 amide bonds. The van der Waals surface area contributed by atoms with Gasteiger partial charge in [-0.15, -0.1) is 0 Å². The van der Waals surface area contributed by atoms with Crippen LogP contribution in [0.3, 0.4) is 0 Å². The third kappa shape index (κ3) is 3.01. The summed E-state index contributed by atoms with van der Waals surface area (Å²) in [5.74, 6) is -0.666. The van der Waals surface area contributed by atoms with Crippen molar-refractivity contribution in [2.24, 2.45) is 0 Å². The van der Waals surface area contributed by atoms with Gasteiger partial charge in [-0.05, 0) is 33.6 Å². The van der Waals surface area contributed by atoms with Crippen molar-refractivity contribution in [1.29, 1.82) is 0 Å². The number of ether oxygens (including phenoxy) is 2. The maximum absolute atomic E-state index is 12.1. The van der Waals surface area contributed by atoms with E-state index >= 15 is 0 Å². The first-order valence-electron chi connectivity index (χ1n) is 6.84. The minimum atomic E-state index is -0.449. The summed E-state index contributed by atoms with van der Waals surface area (Å²) in [6.45, 7) is 5.74. The molecule has 2 rings (SSSR count). The van der Waals surface area contributed by atoms with E-state index in [2.05, 4.69) is 10.3 Å². The van der Waals surface area contributed by atoms with E-state index in [-0.39, 0.29) is 12.0 Å². The molecule has 110 valence electrons. The average Bonchev–Trinajstić information content (AvgIpc) is 2.96. The average molecular weight is 280 g/mol. The second-order valence-electron chi connectivity index (χ2n) is 4.92. The Bertz CT molecular complexity index is 509. The summed E-state index contributed by atoms with van der Waals surface area (Å²) in [4.78, 5) is 26.9. The molecule has 1 fully saturated rings. The van der Waals surface area contributed by atoms with Gasteiger partial charge in [0.25, 0.3) is 5.91 Å². The summed E-state index contributed by atoms with van der Waals surface area (Å²) in [7, 11) is 0. The van der Waals surface area contributed by atoms with Gasteiger partial charge in [0.15, 0.2) is 0 Å². The third-order valence-corrected chi connectivity index (χ3v) is 3.34. The van der Waals surface area contributed by atoms with Crippen LogP contribution in [0.1, 0.15) is 42.7 Å². The molecule has 20 heavy (non-hydrogen) atoms. The van der Waals surface area contributed by atoms with Crippen molar-refractivity contribution in [2.45, 2.75) is 45.8 Å². The molecule has 2 unspecified atom stereocenters. The lowest BCUT2D eigenvalue weighted by Crippen LogP contribution is -2.28. The molecule has 1 aliphatic rings. The Morgan fingerprint density at radius 1 is 1.50 bits per heavy atom. The molecule has 0 radical (unpaired) electrons. The van der Waals surface area contributed by atoms with Crippen LogP contribution in [-0.4, -0.2) is 35.7 Å². The summed E-state index contributed by atoms with van der Waals surface area (Å²) in [5.41, 5.74) is 1.47. The lowest BCUT2D eigenvalue weighted by molar-refractivity contribution is -0.126. The highest BCUT2D eigenvalue weighted by atomic mass is 16.5. The van der Waals surface area contributed by atoms with Crippen LogP contribution in [0.4, 0.5) is 5.69 Å². The Labute approximate surface area is 117 Å². The van der Waals surface area contributed by atoms with E-state index in [1.807, 2.05) is 6.92 Å². The highest BCUT2D eigenvalue weighted by Gasteiger charge is 2.29. The number of H-pyrrole nitrogens is 1. The molecule has 1 aromatic rings. The molecule has 2 atom stereocenters. The molecule has 6 nitrogen and oxygen atoms in total. The zero-order chi connectivity index (χ0) is 14.7. The molecular formula is C14H20N2O4. The molecule has 0 spiro atoms. The quantitative estimate of drug-likeness (QED) is 0.827. The fraction of sp³-hybridized carbons (Fsp3) is 0.571. The highest BCUT2D eigenvalue weighted by molar-refractivity contribution is 6.03. The van der Waals surface area contributed by atoms with Gasteiger partial charge in [-0.25, -0.2) is 4.79 Å². The minimum absolute atomic E-state index is 0.100. The molecule has 0 saturated carbocycles. The molecule has 0 bridgehead atoms. The molecular weight excluding hydrogens is 260 g/mol. The van der Waals surface area contributed by atoms with E-state index in [1.165, 1.54) is 0 Å². The van der Waals surface area contributed by atoms with E-state index in [1.54, 1.807) is 20.0 Å². The number of carbonyl (C=O) groups is 2. The number of esters is 1. The Morgan fingerprint density at radius 3 is 2.85 bits per heavy atom. The van der Waals surface area contributed by atoms with Gasteiger partial charge in [-0.3, -0.25) is 4.79 Å². The summed E-state index contributed by atoms with van der Waals surface area (Å²) in [5, 5.41) is 2.74. The second kappa shape index (κ2) is 6.09. The Hall–Kier alpha value is -1.82. The lowest BCUT2D eigenvalue weighted by Gasteiger charge is -2.12. The lowest BCUT2D eigenvalue weighted by atomic mass is 10.2. The number of hydrogen-bond acceptors (Lipinski definition) is 4. The molecule has 0 aromatic carbocycles. The number of hydrogen-bond donors (Lipinski definition) is 2. The van der Waals surface area contributed by atoms with Crippen LogP contribution in [0.25, 0.3) is 0 Å². The predicted octanol–water partition coefficient (Wildman–Crippen LogP) is 2.01. The van der Waals surface area contributed by atoms with Crippen molar-refractivity contribution < 1.29 is 19.1 Å². The fourth-order valence-corrected chi connectivity index (χ4v) is 2.30. The second-order valence-corrected chi connectivity index (χ2v) is 4.92. The number of amides is 1. The largest absolute Gasteiger partial charge is 0.462 e. The number of nitrogens with one attached hydrogen (secondary N) is 2. The number of aryl methyl sites for hydroxylation is 1. The number of anilines is 1. The smallest absolute Gasteiger partial charge is 0.342 e. The van der Waals surface area contributed by atoms with Gasteiger partial charge < -0.3 is 19.8 Å². The van der Waals surface area contributed by atoms with Gasteiger partial charge in [-0.2, -0.15) is 0 Å². The van der Waals surface area contributed by atoms with Crippen LogP contribution in [0, 0.1) is 6.92 Å². The van der Waals surface area contributed by atoms with Crippen molar-refractivity contribution in [3.05, 3.63) is 17.5 Å². The Balaban J connectivity index is 2.09. The molecule has 0 aliphatic carbocycles. The van der Waals surface area contributed by atoms with Gasteiger partial charge in [0.1, 0.15) is 11.7 Å². The van der Waals surface area contributed by atoms with Gasteiger partial charge in [-0.1, -0.05) is 0 Å². The zero-order valence-corrected chi connectivity index (χ0v) is 12.0. The van der Waals surface area contributed by atoms with E-state index in [0.29, 0.717) is 30.0 Å². The summed E-state index contributed by atoms with van der Waals surface area (Å²) >= 11 is 0. The topological polar surface area (TPSA) is 80.4 Å². The standard InChI is InChI=1S/C14H20N2O4/c1-4-19-14(18)12-9(3)15-7-10(12)16-13(17)11-6-5-8(2)20-11/h7-8,11,15H,4-6H2,1-3H3,(H,16,17). The van der Waals surface area contributed by atoms with Crippen molar-refractivity contribution in [1.82, 2.24) is 4.98 Å². The van der Waals surface area contributed by atoms with Crippen LogP contribution in [0.2, 0.25) is 0 Å². The van der Waals surface area contributed by atoms with E-state index in [0.717, 1.165) is 6.42 Å². The zero-order valence-electron chi connectivity index (χ0n) is 12.0. The van der Waals surface area contributed by atoms with Crippen LogP contribution in [-0.2, 0) is 14.3 Å². The van der Waals surface area contributed by atoms with E-state index in [9.17, 15) is 9.59 Å². The Kier molecular flexibility index (Phi) is 4.44. The van der Waals surface area contributed by atoms with E-state index < -0.39 is 12.1 Å². The van der Waals surface area contributed by atoms with Crippen LogP contribution in [0.15, 0.2) is 6.20 Å². The first kappa shape index (κ1) is 14.6. The molecule has 1 aliphatic heterocycles. The monoisotopic (exact) mass is 280 g/mol.